The van der Waals surface area contributed by atoms with Crippen LogP contribution >= 0.6 is 0 Å². The molecule has 0 aromatic carbocycles. The summed E-state index contributed by atoms with van der Waals surface area (Å²) >= 11 is 0. The molecule has 80 valence electrons. The molecule has 0 fully saturated rings. The molecule has 0 spiro atoms. The minimum absolute atomic E-state index is 0.0729. The van der Waals surface area contributed by atoms with Crippen molar-refractivity contribution in [3.8, 4) is 0 Å². The van der Waals surface area contributed by atoms with E-state index in [2.05, 4.69) is 0 Å². The molecule has 14 heavy (non-hydrogen) atoms. The molecular weight excluding hydrogens is 176 g/mol. The third-order valence-corrected chi connectivity index (χ3v) is 2.41. The van der Waals surface area contributed by atoms with Crippen molar-refractivity contribution in [1.29, 1.82) is 0 Å². The maximum Gasteiger partial charge on any atom is 0.307 e. The van der Waals surface area contributed by atoms with Crippen molar-refractivity contribution in [2.24, 2.45) is 17.8 Å². The van der Waals surface area contributed by atoms with Gasteiger partial charge in [-0.25, -0.2) is 0 Å². The molecule has 2 heteroatoms. The van der Waals surface area contributed by atoms with Gasteiger partial charge in [-0.2, -0.15) is 0 Å². The van der Waals surface area contributed by atoms with Gasteiger partial charge < -0.3 is 5.11 Å². The van der Waals surface area contributed by atoms with E-state index in [1.54, 1.807) is 0 Å². The van der Waals surface area contributed by atoms with E-state index in [9.17, 15) is 4.79 Å². The van der Waals surface area contributed by atoms with Gasteiger partial charge in [0, 0.05) is 0 Å². The van der Waals surface area contributed by atoms with Crippen molar-refractivity contribution in [1.82, 2.24) is 0 Å². The fourth-order valence-electron chi connectivity index (χ4n) is 1.78. The lowest BCUT2D eigenvalue weighted by atomic mass is 9.83. The predicted octanol–water partition coefficient (Wildman–Crippen LogP) is 3.11. The highest BCUT2D eigenvalue weighted by atomic mass is 16.4. The van der Waals surface area contributed by atoms with E-state index in [1.165, 1.54) is 0 Å². The standard InChI is InChI=1S/C12H20O2/c1-5-7-9(3)11(12(13)14)10(4)8-6-2/h5-11H,1-4H3,(H,13,14)/b7-5+,8-6+/t9-,10-/m1/s1. The average molecular weight is 196 g/mol. The van der Waals surface area contributed by atoms with Crippen LogP contribution < -0.4 is 0 Å². The van der Waals surface area contributed by atoms with Gasteiger partial charge in [-0.3, -0.25) is 4.79 Å². The van der Waals surface area contributed by atoms with Crippen molar-refractivity contribution < 1.29 is 9.90 Å². The lowest BCUT2D eigenvalue weighted by Gasteiger charge is -2.21. The second-order valence-corrected chi connectivity index (χ2v) is 3.63. The van der Waals surface area contributed by atoms with E-state index in [-0.39, 0.29) is 17.8 Å². The summed E-state index contributed by atoms with van der Waals surface area (Å²) in [5.41, 5.74) is 0. The van der Waals surface area contributed by atoms with Crippen LogP contribution in [0.1, 0.15) is 27.7 Å². The molecule has 0 aliphatic carbocycles. The van der Waals surface area contributed by atoms with E-state index in [4.69, 9.17) is 5.11 Å². The Labute approximate surface area is 86.3 Å². The molecule has 0 radical (unpaired) electrons. The van der Waals surface area contributed by atoms with Crippen LogP contribution in [0.3, 0.4) is 0 Å². The van der Waals surface area contributed by atoms with Gasteiger partial charge in [-0.15, -0.1) is 0 Å². The van der Waals surface area contributed by atoms with Crippen LogP contribution in [-0.2, 0) is 4.79 Å². The average Bonchev–Trinajstić information content (AvgIpc) is 2.04. The Morgan fingerprint density at radius 3 is 1.64 bits per heavy atom. The van der Waals surface area contributed by atoms with Crippen LogP contribution in [0.2, 0.25) is 0 Å². The fourth-order valence-corrected chi connectivity index (χ4v) is 1.78. The topological polar surface area (TPSA) is 37.3 Å². The molecule has 0 rings (SSSR count). The highest BCUT2D eigenvalue weighted by molar-refractivity contribution is 5.71. The van der Waals surface area contributed by atoms with E-state index >= 15 is 0 Å². The number of allylic oxidation sites excluding steroid dienone is 4. The zero-order chi connectivity index (χ0) is 11.1. The molecule has 0 saturated heterocycles. The van der Waals surface area contributed by atoms with Crippen molar-refractivity contribution in [2.75, 3.05) is 0 Å². The molecular formula is C12H20O2. The van der Waals surface area contributed by atoms with Crippen LogP contribution in [0.4, 0.5) is 0 Å². The summed E-state index contributed by atoms with van der Waals surface area (Å²) in [6, 6.07) is 0. The Morgan fingerprint density at radius 1 is 1.07 bits per heavy atom. The van der Waals surface area contributed by atoms with E-state index in [0.29, 0.717) is 0 Å². The quantitative estimate of drug-likeness (QED) is 0.686. The highest BCUT2D eigenvalue weighted by Gasteiger charge is 2.27. The van der Waals surface area contributed by atoms with Gasteiger partial charge in [-0.1, -0.05) is 38.2 Å². The Kier molecular flexibility index (Phi) is 5.93. The Bertz CT molecular complexity index is 210. The summed E-state index contributed by atoms with van der Waals surface area (Å²) in [5, 5.41) is 9.10. The molecule has 0 aliphatic rings. The van der Waals surface area contributed by atoms with E-state index in [1.807, 2.05) is 52.0 Å². The molecule has 0 saturated carbocycles. The molecule has 0 aliphatic heterocycles. The third kappa shape index (κ3) is 3.77. The highest BCUT2D eigenvalue weighted by Crippen LogP contribution is 2.23. The number of hydrogen-bond donors (Lipinski definition) is 1. The third-order valence-electron chi connectivity index (χ3n) is 2.41. The largest absolute Gasteiger partial charge is 0.481 e. The summed E-state index contributed by atoms with van der Waals surface area (Å²) in [6.45, 7) is 7.71. The minimum atomic E-state index is -0.721. The number of hydrogen-bond acceptors (Lipinski definition) is 1. The molecule has 1 N–H and O–H groups in total. The first-order chi connectivity index (χ1) is 6.54. The number of rotatable bonds is 5. The predicted molar refractivity (Wildman–Crippen MR) is 59.1 cm³/mol. The Morgan fingerprint density at radius 2 is 1.43 bits per heavy atom. The Hall–Kier alpha value is -1.05. The van der Waals surface area contributed by atoms with Gasteiger partial charge in [-0.05, 0) is 25.7 Å². The van der Waals surface area contributed by atoms with Crippen molar-refractivity contribution in [3.63, 3.8) is 0 Å². The smallest absolute Gasteiger partial charge is 0.307 e. The van der Waals surface area contributed by atoms with Crippen LogP contribution in [0.5, 0.6) is 0 Å². The molecule has 0 bridgehead atoms. The van der Waals surface area contributed by atoms with E-state index < -0.39 is 5.97 Å². The summed E-state index contributed by atoms with van der Waals surface area (Å²) in [5.74, 6) is -0.906. The van der Waals surface area contributed by atoms with Crippen molar-refractivity contribution in [3.05, 3.63) is 24.3 Å². The zero-order valence-electron chi connectivity index (χ0n) is 9.40. The summed E-state index contributed by atoms with van der Waals surface area (Å²) in [4.78, 5) is 11.1. The van der Waals surface area contributed by atoms with Crippen molar-refractivity contribution in [2.45, 2.75) is 27.7 Å². The second-order valence-electron chi connectivity index (χ2n) is 3.63. The van der Waals surface area contributed by atoms with Crippen LogP contribution in [0, 0.1) is 17.8 Å². The first-order valence-corrected chi connectivity index (χ1v) is 5.03. The van der Waals surface area contributed by atoms with Gasteiger partial charge in [0.05, 0.1) is 5.92 Å². The number of carbonyl (C=O) groups is 1. The van der Waals surface area contributed by atoms with Crippen LogP contribution in [0.25, 0.3) is 0 Å². The first kappa shape index (κ1) is 12.9. The molecule has 0 amide bonds. The maximum atomic E-state index is 11.1. The maximum absolute atomic E-state index is 11.1. The molecule has 0 aromatic heterocycles. The minimum Gasteiger partial charge on any atom is -0.481 e. The van der Waals surface area contributed by atoms with Gasteiger partial charge >= 0.3 is 5.97 Å². The molecule has 0 unspecified atom stereocenters. The summed E-state index contributed by atoms with van der Waals surface area (Å²) < 4.78 is 0. The van der Waals surface area contributed by atoms with Gasteiger partial charge in [0.2, 0.25) is 0 Å². The normalized spacial score (nSPS) is 16.6. The van der Waals surface area contributed by atoms with Gasteiger partial charge in [0.15, 0.2) is 0 Å². The number of aliphatic carboxylic acids is 1. The second kappa shape index (κ2) is 6.41. The van der Waals surface area contributed by atoms with Gasteiger partial charge in [0.25, 0.3) is 0 Å². The van der Waals surface area contributed by atoms with E-state index in [0.717, 1.165) is 0 Å². The molecule has 0 heterocycles. The Balaban J connectivity index is 4.66. The summed E-state index contributed by atoms with van der Waals surface area (Å²) in [6.07, 6.45) is 7.70. The SMILES string of the molecule is C/C=C/[C@@H](C)C(C(=O)O)[C@H](C)/C=C/C. The monoisotopic (exact) mass is 196 g/mol. The lowest BCUT2D eigenvalue weighted by Crippen LogP contribution is -2.26. The summed E-state index contributed by atoms with van der Waals surface area (Å²) in [7, 11) is 0. The lowest BCUT2D eigenvalue weighted by molar-refractivity contribution is -0.144. The van der Waals surface area contributed by atoms with Crippen molar-refractivity contribution >= 4 is 5.97 Å². The molecule has 2 atom stereocenters. The molecule has 2 nitrogen and oxygen atoms in total. The first-order valence-electron chi connectivity index (χ1n) is 5.03. The van der Waals surface area contributed by atoms with Crippen LogP contribution in [0.15, 0.2) is 24.3 Å². The van der Waals surface area contributed by atoms with Gasteiger partial charge in [0.1, 0.15) is 0 Å². The zero-order valence-corrected chi connectivity index (χ0v) is 9.40. The van der Waals surface area contributed by atoms with Crippen LogP contribution in [-0.4, -0.2) is 11.1 Å². The fraction of sp³-hybridized carbons (Fsp3) is 0.583. The number of carboxylic acids is 1. The molecule has 0 aromatic rings. The number of carboxylic acid groups (broad SMARTS) is 1.